The summed E-state index contributed by atoms with van der Waals surface area (Å²) in [6.07, 6.45) is 2.47. The number of piperidine rings is 1. The standard InChI is InChI=1S/C19H34N6OS.HI/c1-16-23-18(15-27-16)14-25-6-3-17(4-7-25)13-22-19(20-2)21-5-8-24-9-11-26-12-10-24;/h15,17H,3-14H2,1-2H3,(H2,20,21,22);1H. The highest BCUT2D eigenvalue weighted by molar-refractivity contribution is 14.0. The molecule has 0 aliphatic carbocycles. The third kappa shape index (κ3) is 8.10. The molecule has 0 unspecified atom stereocenters. The zero-order valence-corrected chi connectivity index (χ0v) is 20.3. The van der Waals surface area contributed by atoms with E-state index in [0.29, 0.717) is 0 Å². The van der Waals surface area contributed by atoms with E-state index in [9.17, 15) is 0 Å². The highest BCUT2D eigenvalue weighted by Crippen LogP contribution is 2.19. The molecule has 1 aromatic heterocycles. The van der Waals surface area contributed by atoms with Crippen LogP contribution in [0.2, 0.25) is 0 Å². The number of nitrogens with one attached hydrogen (secondary N) is 2. The zero-order chi connectivity index (χ0) is 18.9. The number of morpholine rings is 1. The SMILES string of the molecule is CN=C(NCCN1CCOCC1)NCC1CCN(Cc2csc(C)n2)CC1.I. The molecular formula is C19H35IN6OS. The zero-order valence-electron chi connectivity index (χ0n) is 17.2. The number of aliphatic imine (C=N–C) groups is 1. The van der Waals surface area contributed by atoms with Gasteiger partial charge in [-0.1, -0.05) is 0 Å². The molecule has 1 aromatic rings. The van der Waals surface area contributed by atoms with E-state index >= 15 is 0 Å². The summed E-state index contributed by atoms with van der Waals surface area (Å²) in [7, 11) is 1.85. The predicted octanol–water partition coefficient (Wildman–Crippen LogP) is 1.78. The topological polar surface area (TPSA) is 65.0 Å². The highest BCUT2D eigenvalue weighted by Gasteiger charge is 2.20. The summed E-state index contributed by atoms with van der Waals surface area (Å²) in [5.41, 5.74) is 1.22. The molecule has 0 spiro atoms. The molecule has 28 heavy (non-hydrogen) atoms. The van der Waals surface area contributed by atoms with Crippen LogP contribution in [-0.2, 0) is 11.3 Å². The van der Waals surface area contributed by atoms with Gasteiger partial charge in [0.05, 0.1) is 23.9 Å². The van der Waals surface area contributed by atoms with Crippen molar-refractivity contribution in [2.75, 3.05) is 66.1 Å². The molecule has 2 N–H and O–H groups in total. The van der Waals surface area contributed by atoms with E-state index in [1.165, 1.54) is 18.5 Å². The van der Waals surface area contributed by atoms with Crippen LogP contribution in [0.25, 0.3) is 0 Å². The first kappa shape index (κ1) is 23.8. The number of hydrogen-bond donors (Lipinski definition) is 2. The number of rotatable bonds is 7. The van der Waals surface area contributed by atoms with Gasteiger partial charge in [-0.2, -0.15) is 0 Å². The van der Waals surface area contributed by atoms with Crippen molar-refractivity contribution in [3.63, 3.8) is 0 Å². The number of halogens is 1. The lowest BCUT2D eigenvalue weighted by Gasteiger charge is -2.32. The highest BCUT2D eigenvalue weighted by atomic mass is 127. The van der Waals surface area contributed by atoms with Crippen LogP contribution >= 0.6 is 35.3 Å². The molecule has 0 bridgehead atoms. The van der Waals surface area contributed by atoms with E-state index in [1.807, 2.05) is 7.05 Å². The first-order valence-electron chi connectivity index (χ1n) is 10.1. The fraction of sp³-hybridized carbons (Fsp3) is 0.789. The molecule has 7 nitrogen and oxygen atoms in total. The number of guanidine groups is 1. The summed E-state index contributed by atoms with van der Waals surface area (Å²) >= 11 is 1.75. The molecule has 2 fully saturated rings. The van der Waals surface area contributed by atoms with Crippen molar-refractivity contribution in [1.82, 2.24) is 25.4 Å². The molecule has 2 aliphatic heterocycles. The number of aromatic nitrogens is 1. The minimum atomic E-state index is 0. The van der Waals surface area contributed by atoms with E-state index in [0.717, 1.165) is 82.5 Å². The average molecular weight is 523 g/mol. The van der Waals surface area contributed by atoms with Crippen LogP contribution in [-0.4, -0.2) is 86.8 Å². The normalized spacial score (nSPS) is 20.0. The summed E-state index contributed by atoms with van der Waals surface area (Å²) in [4.78, 5) is 13.9. The van der Waals surface area contributed by atoms with Crippen molar-refractivity contribution >= 4 is 41.3 Å². The lowest BCUT2D eigenvalue weighted by molar-refractivity contribution is 0.0389. The van der Waals surface area contributed by atoms with Crippen LogP contribution in [0.5, 0.6) is 0 Å². The summed E-state index contributed by atoms with van der Waals surface area (Å²) in [6, 6.07) is 0. The molecule has 2 aliphatic rings. The van der Waals surface area contributed by atoms with E-state index in [-0.39, 0.29) is 24.0 Å². The Bertz CT molecular complexity index is 585. The van der Waals surface area contributed by atoms with Gasteiger partial charge in [-0.25, -0.2) is 4.98 Å². The maximum absolute atomic E-state index is 5.39. The van der Waals surface area contributed by atoms with E-state index < -0.39 is 0 Å². The van der Waals surface area contributed by atoms with Crippen LogP contribution in [0.15, 0.2) is 10.4 Å². The van der Waals surface area contributed by atoms with Gasteiger partial charge in [0.15, 0.2) is 5.96 Å². The monoisotopic (exact) mass is 522 g/mol. The van der Waals surface area contributed by atoms with Crippen LogP contribution in [0.1, 0.15) is 23.5 Å². The fourth-order valence-corrected chi connectivity index (χ4v) is 4.28. The van der Waals surface area contributed by atoms with Crippen molar-refractivity contribution in [3.8, 4) is 0 Å². The molecule has 0 aromatic carbocycles. The van der Waals surface area contributed by atoms with Gasteiger partial charge < -0.3 is 15.4 Å². The average Bonchev–Trinajstić information content (AvgIpc) is 3.11. The molecule has 160 valence electrons. The number of aryl methyl sites for hydroxylation is 1. The fourth-order valence-electron chi connectivity index (χ4n) is 3.68. The number of hydrogen-bond acceptors (Lipinski definition) is 6. The third-order valence-electron chi connectivity index (χ3n) is 5.37. The Morgan fingerprint density at radius 1 is 1.21 bits per heavy atom. The molecule has 0 saturated carbocycles. The van der Waals surface area contributed by atoms with E-state index in [2.05, 4.69) is 42.7 Å². The third-order valence-corrected chi connectivity index (χ3v) is 6.19. The minimum Gasteiger partial charge on any atom is -0.379 e. The van der Waals surface area contributed by atoms with Crippen LogP contribution in [0, 0.1) is 12.8 Å². The van der Waals surface area contributed by atoms with Crippen LogP contribution in [0.3, 0.4) is 0 Å². The molecule has 0 atom stereocenters. The number of nitrogens with zero attached hydrogens (tertiary/aromatic N) is 4. The van der Waals surface area contributed by atoms with Gasteiger partial charge in [-0.05, 0) is 38.8 Å². The van der Waals surface area contributed by atoms with Gasteiger partial charge >= 0.3 is 0 Å². The van der Waals surface area contributed by atoms with Crippen molar-refractivity contribution in [1.29, 1.82) is 0 Å². The molecule has 3 heterocycles. The molecule has 0 amide bonds. The first-order chi connectivity index (χ1) is 13.2. The Morgan fingerprint density at radius 3 is 2.61 bits per heavy atom. The number of thiazole rings is 1. The van der Waals surface area contributed by atoms with Gasteiger partial charge in [0.25, 0.3) is 0 Å². The summed E-state index contributed by atoms with van der Waals surface area (Å²) in [5.74, 6) is 1.64. The van der Waals surface area contributed by atoms with E-state index in [1.54, 1.807) is 11.3 Å². The van der Waals surface area contributed by atoms with Gasteiger partial charge in [0.2, 0.25) is 0 Å². The number of ether oxygens (including phenoxy) is 1. The Labute approximate surface area is 190 Å². The Kier molecular flexibility index (Phi) is 11.0. The largest absolute Gasteiger partial charge is 0.379 e. The van der Waals surface area contributed by atoms with Crippen molar-refractivity contribution in [3.05, 3.63) is 16.1 Å². The second kappa shape index (κ2) is 12.9. The first-order valence-corrected chi connectivity index (χ1v) is 11.0. The molecular weight excluding hydrogens is 487 g/mol. The Hall–Kier alpha value is -0.490. The van der Waals surface area contributed by atoms with Gasteiger partial charge in [0, 0.05) is 51.7 Å². The molecule has 0 radical (unpaired) electrons. The van der Waals surface area contributed by atoms with Gasteiger partial charge in [-0.15, -0.1) is 35.3 Å². The van der Waals surface area contributed by atoms with Gasteiger partial charge in [-0.3, -0.25) is 14.8 Å². The maximum Gasteiger partial charge on any atom is 0.191 e. The van der Waals surface area contributed by atoms with E-state index in [4.69, 9.17) is 4.74 Å². The summed E-state index contributed by atoms with van der Waals surface area (Å²) < 4.78 is 5.39. The number of likely N-dealkylation sites (tertiary alicyclic amines) is 1. The smallest absolute Gasteiger partial charge is 0.191 e. The lowest BCUT2D eigenvalue weighted by Crippen LogP contribution is -2.46. The van der Waals surface area contributed by atoms with Gasteiger partial charge in [0.1, 0.15) is 0 Å². The summed E-state index contributed by atoms with van der Waals surface area (Å²) in [6.45, 7) is 12.1. The lowest BCUT2D eigenvalue weighted by atomic mass is 9.97. The molecule has 9 heteroatoms. The Morgan fingerprint density at radius 2 is 1.96 bits per heavy atom. The van der Waals surface area contributed by atoms with Crippen LogP contribution < -0.4 is 10.6 Å². The molecule has 3 rings (SSSR count). The second-order valence-corrected chi connectivity index (χ2v) is 8.47. The minimum absolute atomic E-state index is 0. The quantitative estimate of drug-likeness (QED) is 0.324. The second-order valence-electron chi connectivity index (χ2n) is 7.41. The van der Waals surface area contributed by atoms with Crippen molar-refractivity contribution in [2.45, 2.75) is 26.3 Å². The predicted molar refractivity (Wildman–Crippen MR) is 127 cm³/mol. The van der Waals surface area contributed by atoms with Crippen LogP contribution in [0.4, 0.5) is 0 Å². The molecule has 2 saturated heterocycles. The Balaban J connectivity index is 0.00000280. The maximum atomic E-state index is 5.39. The summed E-state index contributed by atoms with van der Waals surface area (Å²) in [5, 5.41) is 10.3. The van der Waals surface area contributed by atoms with Crippen molar-refractivity contribution < 1.29 is 4.74 Å². The van der Waals surface area contributed by atoms with Crippen molar-refractivity contribution in [2.24, 2.45) is 10.9 Å².